The van der Waals surface area contributed by atoms with E-state index in [2.05, 4.69) is 48.3 Å². The number of methoxy groups -OCH3 is 1. The molecular weight excluding hydrogens is 1000 g/mol. The lowest BCUT2D eigenvalue weighted by molar-refractivity contribution is -0.140. The number of fused-ring (bicyclic) bond motifs is 2. The van der Waals surface area contributed by atoms with E-state index in [1.54, 1.807) is 0 Å². The van der Waals surface area contributed by atoms with Crippen molar-refractivity contribution in [1.29, 1.82) is 0 Å². The van der Waals surface area contributed by atoms with Gasteiger partial charge in [-0.2, -0.15) is 13.8 Å². The van der Waals surface area contributed by atoms with Crippen LogP contribution in [0.4, 0.5) is 36.3 Å². The molecule has 0 spiro atoms. The molecule has 22 heteroatoms. The van der Waals surface area contributed by atoms with E-state index in [0.29, 0.717) is 12.8 Å². The molecule has 2 saturated heterocycles. The Morgan fingerprint density at radius 1 is 0.870 bits per heavy atom. The van der Waals surface area contributed by atoms with Crippen molar-refractivity contribution in [3.8, 4) is 11.5 Å². The lowest BCUT2D eigenvalue weighted by Crippen LogP contribution is -2.54. The number of hydrogen-bond acceptors (Lipinski definition) is 14. The molecule has 4 aromatic rings. The summed E-state index contributed by atoms with van der Waals surface area (Å²) in [6.45, 7) is 1.60. The van der Waals surface area contributed by atoms with Crippen LogP contribution in [0, 0.1) is 5.82 Å². The van der Waals surface area contributed by atoms with Gasteiger partial charge in [0.1, 0.15) is 29.0 Å². The molecule has 5 heterocycles. The van der Waals surface area contributed by atoms with Crippen molar-refractivity contribution in [2.24, 2.45) is 0 Å². The number of carbonyl (C=O) groups excluding carboxylic acids is 7. The van der Waals surface area contributed by atoms with Crippen LogP contribution < -0.4 is 40.5 Å². The van der Waals surface area contributed by atoms with Crippen LogP contribution in [-0.2, 0) is 32.1 Å². The number of piperidine rings is 2. The van der Waals surface area contributed by atoms with E-state index < -0.39 is 72.3 Å². The lowest BCUT2D eigenvalue weighted by Gasteiger charge is -2.32. The molecule has 408 valence electrons. The molecule has 3 aromatic carbocycles. The molecular formula is C55H63F3N10O9. The molecule has 4 aliphatic heterocycles. The number of benzene rings is 3. The van der Waals surface area contributed by atoms with Crippen LogP contribution in [0.15, 0.2) is 60.8 Å². The first-order valence-corrected chi connectivity index (χ1v) is 26.4. The smallest absolute Gasteiger partial charge is 0.342 e. The molecule has 0 bridgehead atoms. The first-order valence-electron chi connectivity index (χ1n) is 26.4. The summed E-state index contributed by atoms with van der Waals surface area (Å²) >= 11 is 0. The zero-order valence-electron chi connectivity index (χ0n) is 43.1. The average Bonchev–Trinajstić information content (AvgIpc) is 4.04. The maximum atomic E-state index is 15.7. The number of ether oxygens (including phenoxy) is 2. The fourth-order valence-electron chi connectivity index (χ4n) is 10.9. The minimum Gasteiger partial charge on any atom is -0.495 e. The Morgan fingerprint density at radius 3 is 2.38 bits per heavy atom. The summed E-state index contributed by atoms with van der Waals surface area (Å²) < 4.78 is 57.1. The van der Waals surface area contributed by atoms with Crippen LogP contribution in [0.3, 0.4) is 0 Å². The van der Waals surface area contributed by atoms with Gasteiger partial charge in [-0.1, -0.05) is 62.4 Å². The molecule has 9 rings (SSSR count). The molecule has 1 saturated carbocycles. The van der Waals surface area contributed by atoms with Gasteiger partial charge in [-0.3, -0.25) is 43.8 Å². The number of unbranched alkanes of at least 4 members (excludes halogenated alkanes) is 4. The Bertz CT molecular complexity index is 2930. The molecule has 1 atom stereocenters. The Hall–Kier alpha value is -7.62. The third-order valence-electron chi connectivity index (χ3n) is 15.0. The minimum atomic E-state index is -3.63. The molecule has 4 N–H and O–H groups in total. The number of nitrogens with zero attached hydrogens (tertiary/aromatic N) is 6. The number of carbonyl (C=O) groups is 7. The van der Waals surface area contributed by atoms with Crippen molar-refractivity contribution < 1.29 is 56.2 Å². The fourth-order valence-corrected chi connectivity index (χ4v) is 10.9. The first-order chi connectivity index (χ1) is 37.1. The number of nitrogens with one attached hydrogen (secondary N) is 4. The Morgan fingerprint density at radius 2 is 1.61 bits per heavy atom. The summed E-state index contributed by atoms with van der Waals surface area (Å²) in [5.41, 5.74) is 2.20. The van der Waals surface area contributed by atoms with Gasteiger partial charge in [0.15, 0.2) is 12.4 Å². The second kappa shape index (κ2) is 23.7. The second-order valence-corrected chi connectivity index (χ2v) is 20.3. The Kier molecular flexibility index (Phi) is 16.7. The van der Waals surface area contributed by atoms with E-state index in [1.807, 2.05) is 12.1 Å². The van der Waals surface area contributed by atoms with Gasteiger partial charge in [-0.15, -0.1) is 0 Å². The first kappa shape index (κ1) is 54.2. The van der Waals surface area contributed by atoms with Gasteiger partial charge in [0.05, 0.1) is 42.2 Å². The zero-order chi connectivity index (χ0) is 54.4. The van der Waals surface area contributed by atoms with Crippen LogP contribution in [-0.4, -0.2) is 132 Å². The third-order valence-corrected chi connectivity index (χ3v) is 15.0. The highest BCUT2D eigenvalue weighted by atomic mass is 19.3. The van der Waals surface area contributed by atoms with Crippen molar-refractivity contribution in [1.82, 2.24) is 35.7 Å². The number of aryl methyl sites for hydroxylation is 1. The number of alkyl halides is 2. The number of halogens is 3. The fraction of sp³-hybridized carbons (Fsp3) is 0.473. The Balaban J connectivity index is 0.663. The van der Waals surface area contributed by atoms with Crippen LogP contribution in [0.25, 0.3) is 0 Å². The van der Waals surface area contributed by atoms with E-state index in [4.69, 9.17) is 9.47 Å². The highest BCUT2D eigenvalue weighted by Crippen LogP contribution is 2.41. The molecule has 19 nitrogen and oxygen atoms in total. The van der Waals surface area contributed by atoms with E-state index >= 15 is 13.2 Å². The largest absolute Gasteiger partial charge is 0.495 e. The average molecular weight is 1070 g/mol. The van der Waals surface area contributed by atoms with Gasteiger partial charge >= 0.3 is 5.92 Å². The molecule has 7 amide bonds. The topological polar surface area (TPSA) is 225 Å². The van der Waals surface area contributed by atoms with Crippen LogP contribution in [0.2, 0.25) is 0 Å². The molecule has 1 unspecified atom stereocenters. The molecule has 0 radical (unpaired) electrons. The quantitative estimate of drug-likeness (QED) is 0.0571. The summed E-state index contributed by atoms with van der Waals surface area (Å²) in [4.78, 5) is 104. The van der Waals surface area contributed by atoms with Crippen LogP contribution in [0.1, 0.15) is 126 Å². The molecule has 5 aliphatic rings. The van der Waals surface area contributed by atoms with Crippen LogP contribution >= 0.6 is 0 Å². The second-order valence-electron chi connectivity index (χ2n) is 20.3. The highest BCUT2D eigenvalue weighted by Gasteiger charge is 2.49. The van der Waals surface area contributed by atoms with Crippen LogP contribution in [0.5, 0.6) is 11.5 Å². The van der Waals surface area contributed by atoms with E-state index in [9.17, 15) is 33.6 Å². The lowest BCUT2D eigenvalue weighted by atomic mass is 10.0. The number of imide groups is 2. The van der Waals surface area contributed by atoms with E-state index in [0.717, 1.165) is 111 Å². The van der Waals surface area contributed by atoms with Gasteiger partial charge in [-0.05, 0) is 87.2 Å². The normalized spacial score (nSPS) is 18.9. The predicted octanol–water partition coefficient (Wildman–Crippen LogP) is 6.21. The number of likely N-dealkylation sites (tertiary alicyclic amines) is 1. The summed E-state index contributed by atoms with van der Waals surface area (Å²) in [7, 11) is 2.65. The number of anilines is 4. The maximum Gasteiger partial charge on any atom is 0.342 e. The summed E-state index contributed by atoms with van der Waals surface area (Å²) in [5.74, 6) is -8.97. The zero-order valence-corrected chi connectivity index (χ0v) is 43.1. The van der Waals surface area contributed by atoms with E-state index in [1.165, 1.54) is 49.5 Å². The summed E-state index contributed by atoms with van der Waals surface area (Å²) in [6, 6.07) is 13.4. The van der Waals surface area contributed by atoms with Gasteiger partial charge < -0.3 is 40.1 Å². The van der Waals surface area contributed by atoms with Gasteiger partial charge in [0.25, 0.3) is 29.5 Å². The monoisotopic (exact) mass is 1060 g/mol. The SMILES string of the molecule is COc1cc(C(=O)NC2CCN(CCCCCCCc3cccc(CNC(=O)COc4cccc5c4C(=O)N(C4CCC(=O)NC4=O)C5=O)c3)CC2)c(F)cc1Nc1ncc2c(n1)N(C1CCCC1)CC(F)(F)C(=O)N2C. The van der Waals surface area contributed by atoms with Crippen molar-refractivity contribution >= 4 is 64.5 Å². The van der Waals surface area contributed by atoms with Gasteiger partial charge in [-0.25, -0.2) is 9.37 Å². The molecule has 3 fully saturated rings. The molecule has 77 heavy (non-hydrogen) atoms. The van der Waals surface area contributed by atoms with Gasteiger partial charge in [0.2, 0.25) is 17.8 Å². The van der Waals surface area contributed by atoms with Crippen molar-refractivity contribution in [2.45, 2.75) is 120 Å². The number of hydrogen-bond donors (Lipinski definition) is 4. The van der Waals surface area contributed by atoms with Crippen molar-refractivity contribution in [3.63, 3.8) is 0 Å². The summed E-state index contributed by atoms with van der Waals surface area (Å²) in [6.07, 6.45) is 12.1. The molecule has 1 aliphatic carbocycles. The van der Waals surface area contributed by atoms with Crippen molar-refractivity contribution in [3.05, 3.63) is 94.4 Å². The Labute approximate surface area is 443 Å². The van der Waals surface area contributed by atoms with Crippen molar-refractivity contribution in [2.75, 3.05) is 62.1 Å². The number of aromatic nitrogens is 2. The summed E-state index contributed by atoms with van der Waals surface area (Å²) in [5, 5.41) is 10.9. The highest BCUT2D eigenvalue weighted by molar-refractivity contribution is 6.24. The number of rotatable bonds is 20. The number of amides is 7. The molecule has 1 aromatic heterocycles. The predicted molar refractivity (Wildman–Crippen MR) is 277 cm³/mol. The van der Waals surface area contributed by atoms with Gasteiger partial charge in [0, 0.05) is 51.3 Å². The van der Waals surface area contributed by atoms with E-state index in [-0.39, 0.29) is 82.8 Å². The maximum absolute atomic E-state index is 15.7. The minimum absolute atomic E-state index is 0.00157. The third kappa shape index (κ3) is 12.3. The standard InChI is InChI=1S/C55H63F3N10O9/c1-65-42-30-60-54(64-48(42)67(36-15-7-8-16-36)32-55(57,58)53(65)75)62-40-28-39(56)38(27-44(40)76-2)49(71)61-35-21-24-66(25-22-35)23-9-5-3-4-6-12-33-13-10-14-34(26-33)29-59-46(70)31-77-43-18-11-17-37-47(43)52(74)68(51(37)73)41-19-20-45(69)63-50(41)72/h10-11,13-14,17-18,26-28,30,35-36,41H,3-9,12,15-16,19-25,29,31-32H2,1-2H3,(H,59,70)(H,61,71)(H,60,62,64)(H,63,69,72).